The van der Waals surface area contributed by atoms with E-state index in [9.17, 15) is 23.8 Å². The summed E-state index contributed by atoms with van der Waals surface area (Å²) in [5.41, 5.74) is 3.91. The minimum absolute atomic E-state index is 0.0905. The van der Waals surface area contributed by atoms with Crippen LogP contribution in [0.2, 0.25) is 5.02 Å². The van der Waals surface area contributed by atoms with Gasteiger partial charge in [-0.05, 0) is 54.3 Å². The monoisotopic (exact) mass is 468 g/mol. The molecule has 3 N–H and O–H groups in total. The molecule has 0 aliphatic rings. The molecule has 0 heterocycles. The summed E-state index contributed by atoms with van der Waals surface area (Å²) in [5, 5.41) is 24.8. The predicted molar refractivity (Wildman–Crippen MR) is 125 cm³/mol. The number of phenolic OH excluding ortho intramolecular Hbond substituents is 2. The quantitative estimate of drug-likeness (QED) is 0.257. The minimum Gasteiger partial charge on any atom is -0.507 e. The molecule has 1 amide bonds. The summed E-state index contributed by atoms with van der Waals surface area (Å²) in [6.45, 7) is 1.59. The zero-order valence-electron chi connectivity index (χ0n) is 17.4. The third-order valence-electron chi connectivity index (χ3n) is 4.65. The maximum absolute atomic E-state index is 12.3. The highest BCUT2D eigenvalue weighted by Gasteiger charge is 2.08. The molecule has 0 radical (unpaired) electrons. The topological polar surface area (TPSA) is 81.9 Å². The number of amides is 1. The Kier molecular flexibility index (Phi) is 7.58. The molecule has 4 aromatic carbocycles. The fourth-order valence-electron chi connectivity index (χ4n) is 2.86. The maximum Gasteiger partial charge on any atom is 0.271 e. The average molecular weight is 469 g/mol. The van der Waals surface area contributed by atoms with Gasteiger partial charge in [0.2, 0.25) is 0 Å². The van der Waals surface area contributed by atoms with Crippen molar-refractivity contribution in [3.8, 4) is 11.5 Å². The molecule has 4 rings (SSSR count). The van der Waals surface area contributed by atoms with Crippen molar-refractivity contribution in [1.29, 1.82) is 0 Å². The van der Waals surface area contributed by atoms with Gasteiger partial charge in [-0.2, -0.15) is 5.10 Å². The summed E-state index contributed by atoms with van der Waals surface area (Å²) >= 11 is 5.78. The van der Waals surface area contributed by atoms with E-state index in [1.54, 1.807) is 25.1 Å². The van der Waals surface area contributed by atoms with E-state index < -0.39 is 17.5 Å². The number of fused-ring (bicyclic) bond motifs is 1. The van der Waals surface area contributed by atoms with Gasteiger partial charge < -0.3 is 10.2 Å². The van der Waals surface area contributed by atoms with Crippen molar-refractivity contribution in [3.05, 3.63) is 106 Å². The largest absolute Gasteiger partial charge is 0.507 e. The van der Waals surface area contributed by atoms with Gasteiger partial charge in [-0.15, -0.1) is 0 Å². The van der Waals surface area contributed by atoms with E-state index >= 15 is 0 Å². The molecule has 0 aliphatic carbocycles. The van der Waals surface area contributed by atoms with E-state index in [1.165, 1.54) is 36.5 Å². The number of aromatic hydroxyl groups is 2. The first-order valence-electron chi connectivity index (χ1n) is 9.70. The van der Waals surface area contributed by atoms with Crippen LogP contribution in [0.4, 0.5) is 8.78 Å². The van der Waals surface area contributed by atoms with Gasteiger partial charge >= 0.3 is 0 Å². The number of hydrogen-bond acceptors (Lipinski definition) is 4. The van der Waals surface area contributed by atoms with Crippen LogP contribution in [0.3, 0.4) is 0 Å². The lowest BCUT2D eigenvalue weighted by Gasteiger charge is -2.04. The van der Waals surface area contributed by atoms with Gasteiger partial charge in [0.15, 0.2) is 0 Å². The number of hydrogen-bond donors (Lipinski definition) is 3. The van der Waals surface area contributed by atoms with E-state index in [0.29, 0.717) is 10.9 Å². The van der Waals surface area contributed by atoms with Crippen LogP contribution in [-0.2, 0) is 0 Å². The molecule has 0 unspecified atom stereocenters. The minimum atomic E-state index is -0.530. The lowest BCUT2D eigenvalue weighted by Crippen LogP contribution is -2.17. The van der Waals surface area contributed by atoms with Crippen molar-refractivity contribution in [1.82, 2.24) is 5.43 Å². The van der Waals surface area contributed by atoms with Gasteiger partial charge in [-0.25, -0.2) is 14.2 Å². The molecule has 8 heteroatoms. The second-order valence-corrected chi connectivity index (χ2v) is 7.39. The van der Waals surface area contributed by atoms with Crippen LogP contribution in [0.1, 0.15) is 21.5 Å². The third-order valence-corrected chi connectivity index (χ3v) is 4.95. The Balaban J connectivity index is 0.000000286. The zero-order chi connectivity index (χ0) is 24.0. The van der Waals surface area contributed by atoms with Crippen LogP contribution < -0.4 is 5.43 Å². The molecule has 4 aromatic rings. The number of benzene rings is 4. The first-order chi connectivity index (χ1) is 15.8. The SMILES string of the molecule is Cc1ccc(F)cc1F.O=C(N/N=C/c1ccc(O)c2ccccc12)c1ccc(O)c(Cl)c1. The van der Waals surface area contributed by atoms with Gasteiger partial charge in [0.25, 0.3) is 5.91 Å². The number of nitrogens with one attached hydrogen (secondary N) is 1. The molecule has 5 nitrogen and oxygen atoms in total. The number of carbonyl (C=O) groups excluding carboxylic acids is 1. The third kappa shape index (κ3) is 6.05. The highest BCUT2D eigenvalue weighted by Crippen LogP contribution is 2.26. The first-order valence-corrected chi connectivity index (χ1v) is 10.1. The Labute approximate surface area is 193 Å². The van der Waals surface area contributed by atoms with Gasteiger partial charge in [0.05, 0.1) is 11.2 Å². The molecule has 0 saturated heterocycles. The number of phenols is 2. The van der Waals surface area contributed by atoms with Crippen molar-refractivity contribution in [3.63, 3.8) is 0 Å². The van der Waals surface area contributed by atoms with Crippen molar-refractivity contribution in [2.45, 2.75) is 6.92 Å². The summed E-state index contributed by atoms with van der Waals surface area (Å²) in [7, 11) is 0. The summed E-state index contributed by atoms with van der Waals surface area (Å²) in [4.78, 5) is 12.0. The van der Waals surface area contributed by atoms with Crippen LogP contribution in [-0.4, -0.2) is 22.3 Å². The molecule has 0 saturated carbocycles. The van der Waals surface area contributed by atoms with E-state index in [2.05, 4.69) is 10.5 Å². The second-order valence-electron chi connectivity index (χ2n) is 6.98. The molecule has 0 spiro atoms. The number of halogens is 3. The number of carbonyl (C=O) groups is 1. The van der Waals surface area contributed by atoms with E-state index in [-0.39, 0.29) is 22.1 Å². The van der Waals surface area contributed by atoms with Gasteiger partial charge in [-0.1, -0.05) is 41.9 Å². The summed E-state index contributed by atoms with van der Waals surface area (Å²) < 4.78 is 24.4. The first kappa shape index (κ1) is 23.7. The standard InChI is InChI=1S/C18H13ClN2O3.C7H6F2/c19-15-9-11(5-8-17(15)23)18(24)21-20-10-12-6-7-16(22)14-4-2-1-3-13(12)14;1-5-2-3-6(8)4-7(5)9/h1-10,22-23H,(H,21,24);2-4H,1H3/b20-10+;. The van der Waals surface area contributed by atoms with Gasteiger partial charge in [-0.3, -0.25) is 4.79 Å². The van der Waals surface area contributed by atoms with Crippen molar-refractivity contribution in [2.24, 2.45) is 5.10 Å². The normalized spacial score (nSPS) is 10.7. The fraction of sp³-hybridized carbons (Fsp3) is 0.0400. The smallest absolute Gasteiger partial charge is 0.271 e. The number of rotatable bonds is 3. The van der Waals surface area contributed by atoms with Crippen LogP contribution in [0.5, 0.6) is 11.5 Å². The molecule has 0 aliphatic heterocycles. The summed E-state index contributed by atoms with van der Waals surface area (Å²) in [6, 6.07) is 18.3. The Morgan fingerprint density at radius 1 is 0.939 bits per heavy atom. The Bertz CT molecular complexity index is 1340. The fourth-order valence-corrected chi connectivity index (χ4v) is 3.04. The lowest BCUT2D eigenvalue weighted by molar-refractivity contribution is 0.0955. The summed E-state index contributed by atoms with van der Waals surface area (Å²) in [5.74, 6) is -1.37. The molecule has 168 valence electrons. The van der Waals surface area contributed by atoms with Gasteiger partial charge in [0.1, 0.15) is 23.1 Å². The van der Waals surface area contributed by atoms with Gasteiger partial charge in [0, 0.05) is 22.6 Å². The molecule has 0 atom stereocenters. The molecule has 0 aromatic heterocycles. The van der Waals surface area contributed by atoms with Crippen LogP contribution in [0, 0.1) is 18.6 Å². The van der Waals surface area contributed by atoms with Crippen LogP contribution in [0.25, 0.3) is 10.8 Å². The van der Waals surface area contributed by atoms with E-state index in [0.717, 1.165) is 17.0 Å². The lowest BCUT2D eigenvalue weighted by atomic mass is 10.0. The zero-order valence-corrected chi connectivity index (χ0v) is 18.1. The summed E-state index contributed by atoms with van der Waals surface area (Å²) in [6.07, 6.45) is 1.50. The Morgan fingerprint density at radius 2 is 1.64 bits per heavy atom. The molecular weight excluding hydrogens is 450 g/mol. The number of aryl methyl sites for hydroxylation is 1. The Hall–Kier alpha value is -3.97. The molecule has 0 bridgehead atoms. The molecular formula is C25H19ClF2N2O3. The Morgan fingerprint density at radius 3 is 2.30 bits per heavy atom. The number of hydrazone groups is 1. The number of nitrogens with zero attached hydrogens (tertiary/aromatic N) is 1. The highest BCUT2D eigenvalue weighted by molar-refractivity contribution is 6.32. The van der Waals surface area contributed by atoms with E-state index in [4.69, 9.17) is 11.6 Å². The highest BCUT2D eigenvalue weighted by atomic mass is 35.5. The van der Waals surface area contributed by atoms with Crippen molar-refractivity contribution < 1.29 is 23.8 Å². The second kappa shape index (κ2) is 10.6. The van der Waals surface area contributed by atoms with Crippen LogP contribution in [0.15, 0.2) is 77.9 Å². The predicted octanol–water partition coefficient (Wildman–Crippen LogP) is 5.94. The van der Waals surface area contributed by atoms with E-state index in [1.807, 2.05) is 18.2 Å². The molecule has 0 fully saturated rings. The van der Waals surface area contributed by atoms with Crippen molar-refractivity contribution >= 4 is 34.5 Å². The van der Waals surface area contributed by atoms with Crippen LogP contribution >= 0.6 is 11.6 Å². The van der Waals surface area contributed by atoms with Crippen molar-refractivity contribution in [2.75, 3.05) is 0 Å². The average Bonchev–Trinajstić information content (AvgIpc) is 2.80. The maximum atomic E-state index is 12.3. The molecule has 33 heavy (non-hydrogen) atoms.